The van der Waals surface area contributed by atoms with Crippen molar-refractivity contribution in [3.05, 3.63) is 54.1 Å². The molecular weight excluding hydrogens is 342 g/mol. The molecule has 0 spiro atoms. The Morgan fingerprint density at radius 2 is 2.30 bits per heavy atom. The number of fused-ring (bicyclic) bond motifs is 1. The fourth-order valence-corrected chi connectivity index (χ4v) is 4.23. The van der Waals surface area contributed by atoms with Crippen molar-refractivity contribution in [1.82, 2.24) is 14.9 Å². The highest BCUT2D eigenvalue weighted by Gasteiger charge is 2.42. The van der Waals surface area contributed by atoms with Crippen LogP contribution in [0.3, 0.4) is 0 Å². The van der Waals surface area contributed by atoms with Gasteiger partial charge in [-0.1, -0.05) is 6.07 Å². The summed E-state index contributed by atoms with van der Waals surface area (Å²) in [7, 11) is 0. The fraction of sp³-hybridized carbons (Fsp3) is 0.524. The first-order valence-corrected chi connectivity index (χ1v) is 9.79. The molecule has 6 nitrogen and oxygen atoms in total. The number of carbonyl (C=O) groups excluding carboxylic acids is 1. The van der Waals surface area contributed by atoms with E-state index in [4.69, 9.17) is 9.47 Å². The number of rotatable bonds is 7. The maximum Gasteiger partial charge on any atom is 0.223 e. The second-order valence-electron chi connectivity index (χ2n) is 7.47. The van der Waals surface area contributed by atoms with Crippen LogP contribution >= 0.6 is 0 Å². The third kappa shape index (κ3) is 4.57. The van der Waals surface area contributed by atoms with E-state index in [9.17, 15) is 4.79 Å². The smallest absolute Gasteiger partial charge is 0.223 e. The Kier molecular flexibility index (Phi) is 5.84. The van der Waals surface area contributed by atoms with E-state index in [-0.39, 0.29) is 18.1 Å². The normalized spacial score (nSPS) is 24.7. The van der Waals surface area contributed by atoms with Crippen LogP contribution in [0.2, 0.25) is 0 Å². The first-order valence-electron chi connectivity index (χ1n) is 9.79. The number of nitrogens with zero attached hydrogens (tertiary/aromatic N) is 2. The third-order valence-corrected chi connectivity index (χ3v) is 5.57. The van der Waals surface area contributed by atoms with E-state index in [1.165, 1.54) is 0 Å². The molecule has 0 bridgehead atoms. The Labute approximate surface area is 159 Å². The first-order chi connectivity index (χ1) is 13.3. The summed E-state index contributed by atoms with van der Waals surface area (Å²) in [6, 6.07) is 8.14. The molecular formula is C21H27N3O3. The summed E-state index contributed by atoms with van der Waals surface area (Å²) in [6.45, 7) is 2.63. The minimum atomic E-state index is 0.153. The molecule has 27 heavy (non-hydrogen) atoms. The number of carbonyl (C=O) groups is 1. The Bertz CT molecular complexity index is 720. The lowest BCUT2D eigenvalue weighted by atomic mass is 10.1. The quantitative estimate of drug-likeness (QED) is 0.815. The Hall–Kier alpha value is -2.18. The number of pyridine rings is 1. The van der Waals surface area contributed by atoms with Crippen molar-refractivity contribution >= 4 is 5.91 Å². The molecule has 3 atom stereocenters. The first kappa shape index (κ1) is 18.2. The predicted octanol–water partition coefficient (Wildman–Crippen LogP) is 2.57. The number of hydrogen-bond acceptors (Lipinski definition) is 4. The molecule has 1 aliphatic carbocycles. The average Bonchev–Trinajstić information content (AvgIpc) is 3.36. The van der Waals surface area contributed by atoms with Crippen LogP contribution in [0.4, 0.5) is 0 Å². The van der Waals surface area contributed by atoms with Gasteiger partial charge >= 0.3 is 0 Å². The van der Waals surface area contributed by atoms with Gasteiger partial charge in [0.25, 0.3) is 0 Å². The van der Waals surface area contributed by atoms with Crippen LogP contribution < -0.4 is 0 Å². The van der Waals surface area contributed by atoms with Crippen molar-refractivity contribution in [2.24, 2.45) is 5.92 Å². The summed E-state index contributed by atoms with van der Waals surface area (Å²) in [6.07, 6.45) is 8.90. The zero-order chi connectivity index (χ0) is 18.5. The molecule has 1 aliphatic heterocycles. The van der Waals surface area contributed by atoms with Crippen LogP contribution in [0.25, 0.3) is 0 Å². The van der Waals surface area contributed by atoms with Crippen LogP contribution in [0.15, 0.2) is 42.9 Å². The Morgan fingerprint density at radius 3 is 3.11 bits per heavy atom. The molecule has 1 saturated heterocycles. The second kappa shape index (κ2) is 8.67. The summed E-state index contributed by atoms with van der Waals surface area (Å²) < 4.78 is 11.9. The van der Waals surface area contributed by atoms with Crippen LogP contribution in [-0.4, -0.2) is 52.7 Å². The molecule has 2 aromatic heterocycles. The molecule has 6 heteroatoms. The van der Waals surface area contributed by atoms with E-state index in [1.54, 1.807) is 6.20 Å². The summed E-state index contributed by atoms with van der Waals surface area (Å²) in [4.78, 5) is 22.1. The highest BCUT2D eigenvalue weighted by Crippen LogP contribution is 2.35. The van der Waals surface area contributed by atoms with E-state index < -0.39 is 0 Å². The number of amides is 1. The van der Waals surface area contributed by atoms with Crippen molar-refractivity contribution in [2.75, 3.05) is 19.8 Å². The van der Waals surface area contributed by atoms with Crippen molar-refractivity contribution in [3.8, 4) is 0 Å². The number of nitrogens with one attached hydrogen (secondary N) is 1. The monoisotopic (exact) mass is 369 g/mol. The topological polar surface area (TPSA) is 67.5 Å². The number of hydrogen-bond donors (Lipinski definition) is 1. The SMILES string of the molecule is O=C(CCc1ccc[nH]1)N1CCOC2CC(COCc3cccnc3)CC21. The third-order valence-electron chi connectivity index (χ3n) is 5.57. The van der Waals surface area contributed by atoms with Crippen LogP contribution in [0.5, 0.6) is 0 Å². The zero-order valence-electron chi connectivity index (χ0n) is 15.5. The second-order valence-corrected chi connectivity index (χ2v) is 7.47. The predicted molar refractivity (Wildman–Crippen MR) is 101 cm³/mol. The Morgan fingerprint density at radius 1 is 1.33 bits per heavy atom. The molecule has 2 aromatic rings. The van der Waals surface area contributed by atoms with Gasteiger partial charge in [0.2, 0.25) is 5.91 Å². The summed E-state index contributed by atoms with van der Waals surface area (Å²) in [5.74, 6) is 0.674. The molecule has 0 radical (unpaired) electrons. The number of ether oxygens (including phenoxy) is 2. The summed E-state index contributed by atoms with van der Waals surface area (Å²) in [5, 5.41) is 0. The van der Waals surface area contributed by atoms with E-state index >= 15 is 0 Å². The maximum absolute atomic E-state index is 12.8. The Balaban J connectivity index is 1.27. The van der Waals surface area contributed by atoms with Crippen molar-refractivity contribution in [2.45, 2.75) is 44.4 Å². The van der Waals surface area contributed by atoms with Crippen LogP contribution in [-0.2, 0) is 27.3 Å². The number of H-pyrrole nitrogens is 1. The average molecular weight is 369 g/mol. The van der Waals surface area contributed by atoms with Crippen LogP contribution in [0, 0.1) is 5.92 Å². The van der Waals surface area contributed by atoms with Gasteiger partial charge < -0.3 is 19.4 Å². The van der Waals surface area contributed by atoms with Gasteiger partial charge in [-0.2, -0.15) is 0 Å². The van der Waals surface area contributed by atoms with Gasteiger partial charge in [-0.3, -0.25) is 9.78 Å². The largest absolute Gasteiger partial charge is 0.376 e. The standard InChI is InChI=1S/C21H27N3O3/c25-21(6-5-18-4-2-8-23-18)24-9-10-27-20-12-17(11-19(20)24)15-26-14-16-3-1-7-22-13-16/h1-4,7-8,13,17,19-20,23H,5-6,9-12,14-15H2. The minimum absolute atomic E-state index is 0.153. The maximum atomic E-state index is 12.8. The van der Waals surface area contributed by atoms with E-state index in [0.717, 1.165) is 30.5 Å². The molecule has 4 rings (SSSR count). The van der Waals surface area contributed by atoms with Gasteiger partial charge in [0, 0.05) is 37.3 Å². The van der Waals surface area contributed by atoms with Gasteiger partial charge in [-0.15, -0.1) is 0 Å². The zero-order valence-corrected chi connectivity index (χ0v) is 15.5. The van der Waals surface area contributed by atoms with E-state index in [0.29, 0.717) is 38.7 Å². The molecule has 2 fully saturated rings. The number of aromatic nitrogens is 2. The molecule has 1 N–H and O–H groups in total. The molecule has 0 aromatic carbocycles. The van der Waals surface area contributed by atoms with Gasteiger partial charge in [0.15, 0.2) is 0 Å². The van der Waals surface area contributed by atoms with Crippen molar-refractivity contribution in [1.29, 1.82) is 0 Å². The minimum Gasteiger partial charge on any atom is -0.376 e. The van der Waals surface area contributed by atoms with Gasteiger partial charge in [-0.25, -0.2) is 0 Å². The molecule has 3 unspecified atom stereocenters. The lowest BCUT2D eigenvalue weighted by Gasteiger charge is -2.37. The van der Waals surface area contributed by atoms with Gasteiger partial charge in [-0.05, 0) is 48.9 Å². The molecule has 144 valence electrons. The van der Waals surface area contributed by atoms with Gasteiger partial charge in [0.1, 0.15) is 0 Å². The van der Waals surface area contributed by atoms with E-state index in [2.05, 4.69) is 14.9 Å². The lowest BCUT2D eigenvalue weighted by molar-refractivity contribution is -0.143. The molecule has 1 amide bonds. The molecule has 3 heterocycles. The number of morpholine rings is 1. The van der Waals surface area contributed by atoms with Crippen molar-refractivity contribution < 1.29 is 14.3 Å². The molecule has 2 aliphatic rings. The van der Waals surface area contributed by atoms with Gasteiger partial charge in [0.05, 0.1) is 32.0 Å². The highest BCUT2D eigenvalue weighted by atomic mass is 16.5. The van der Waals surface area contributed by atoms with Crippen LogP contribution in [0.1, 0.15) is 30.5 Å². The summed E-state index contributed by atoms with van der Waals surface area (Å²) >= 11 is 0. The number of aryl methyl sites for hydroxylation is 1. The van der Waals surface area contributed by atoms with Crippen molar-refractivity contribution in [3.63, 3.8) is 0 Å². The summed E-state index contributed by atoms with van der Waals surface area (Å²) in [5.41, 5.74) is 2.20. The number of aromatic amines is 1. The van der Waals surface area contributed by atoms with E-state index in [1.807, 2.05) is 36.7 Å². The molecule has 1 saturated carbocycles. The fourth-order valence-electron chi connectivity index (χ4n) is 4.23. The lowest BCUT2D eigenvalue weighted by Crippen LogP contribution is -2.51. The highest BCUT2D eigenvalue weighted by molar-refractivity contribution is 5.77.